The summed E-state index contributed by atoms with van der Waals surface area (Å²) in [7, 11) is 3.04. The number of hydrogen-bond acceptors (Lipinski definition) is 7. The normalized spacial score (nSPS) is 9.48. The highest BCUT2D eigenvalue weighted by Gasteiger charge is 2.10. The number of nitrogens with one attached hydrogen (secondary N) is 2. The molecule has 0 aliphatic rings. The van der Waals surface area contributed by atoms with Gasteiger partial charge in [-0.05, 0) is 36.8 Å². The number of aliphatic hydroxyl groups excluding tert-OH is 1. The van der Waals surface area contributed by atoms with E-state index in [0.717, 1.165) is 0 Å². The molecule has 3 N–H and O–H groups in total. The SMILES string of the molecule is CCOC(=O)c1ccnc(C(=O)NC)c1.CNC(=O)c1cc(CO)ccn1. The Morgan fingerprint density at radius 3 is 2.07 bits per heavy atom. The molecule has 0 atom stereocenters. The fraction of sp³-hybridized carbons (Fsp3) is 0.278. The number of carbonyl (C=O) groups excluding carboxylic acids is 3. The van der Waals surface area contributed by atoms with Crippen LogP contribution in [0.2, 0.25) is 0 Å². The summed E-state index contributed by atoms with van der Waals surface area (Å²) in [5.41, 5.74) is 1.53. The van der Waals surface area contributed by atoms with E-state index in [2.05, 4.69) is 20.6 Å². The first kappa shape index (κ1) is 21.7. The molecule has 0 bridgehead atoms. The van der Waals surface area contributed by atoms with E-state index in [-0.39, 0.29) is 24.1 Å². The van der Waals surface area contributed by atoms with Crippen LogP contribution in [0.25, 0.3) is 0 Å². The van der Waals surface area contributed by atoms with E-state index in [4.69, 9.17) is 9.84 Å². The number of nitrogens with zero attached hydrogens (tertiary/aromatic N) is 2. The lowest BCUT2D eigenvalue weighted by atomic mass is 10.2. The second kappa shape index (κ2) is 11.3. The Morgan fingerprint density at radius 1 is 1.00 bits per heavy atom. The lowest BCUT2D eigenvalue weighted by Gasteiger charge is -2.03. The van der Waals surface area contributed by atoms with Gasteiger partial charge < -0.3 is 20.5 Å². The van der Waals surface area contributed by atoms with Crippen molar-refractivity contribution < 1.29 is 24.2 Å². The third-order valence-corrected chi connectivity index (χ3v) is 3.20. The Balaban J connectivity index is 0.000000277. The fourth-order valence-corrected chi connectivity index (χ4v) is 1.85. The summed E-state index contributed by atoms with van der Waals surface area (Å²) in [5.74, 6) is -1.03. The zero-order valence-corrected chi connectivity index (χ0v) is 15.4. The molecule has 2 aromatic heterocycles. The zero-order chi connectivity index (χ0) is 20.2. The number of ether oxygens (including phenoxy) is 1. The molecule has 2 aromatic rings. The highest BCUT2D eigenvalue weighted by molar-refractivity contribution is 5.96. The van der Waals surface area contributed by atoms with Crippen molar-refractivity contribution in [3.05, 3.63) is 59.2 Å². The zero-order valence-electron chi connectivity index (χ0n) is 15.4. The van der Waals surface area contributed by atoms with Crippen molar-refractivity contribution in [2.75, 3.05) is 20.7 Å². The van der Waals surface area contributed by atoms with Gasteiger partial charge in [-0.25, -0.2) is 4.79 Å². The van der Waals surface area contributed by atoms with Crippen LogP contribution in [-0.2, 0) is 11.3 Å². The molecular formula is C18H22N4O5. The highest BCUT2D eigenvalue weighted by atomic mass is 16.5. The molecule has 2 amide bonds. The third kappa shape index (κ3) is 6.83. The third-order valence-electron chi connectivity index (χ3n) is 3.20. The summed E-state index contributed by atoms with van der Waals surface area (Å²) < 4.78 is 4.80. The molecule has 9 nitrogen and oxygen atoms in total. The van der Waals surface area contributed by atoms with Gasteiger partial charge in [0.15, 0.2) is 0 Å². The lowest BCUT2D eigenvalue weighted by Crippen LogP contribution is -2.19. The first-order chi connectivity index (χ1) is 13.0. The maximum absolute atomic E-state index is 11.3. The Morgan fingerprint density at radius 2 is 1.56 bits per heavy atom. The maximum atomic E-state index is 11.3. The van der Waals surface area contributed by atoms with Crippen LogP contribution in [0.4, 0.5) is 0 Å². The van der Waals surface area contributed by atoms with Gasteiger partial charge in [0.05, 0.1) is 18.8 Å². The van der Waals surface area contributed by atoms with Crippen molar-refractivity contribution in [2.45, 2.75) is 13.5 Å². The van der Waals surface area contributed by atoms with Crippen LogP contribution < -0.4 is 10.6 Å². The second-order valence-corrected chi connectivity index (χ2v) is 5.02. The molecular weight excluding hydrogens is 352 g/mol. The van der Waals surface area contributed by atoms with Gasteiger partial charge in [-0.3, -0.25) is 19.6 Å². The maximum Gasteiger partial charge on any atom is 0.338 e. The van der Waals surface area contributed by atoms with E-state index in [1.54, 1.807) is 19.1 Å². The minimum Gasteiger partial charge on any atom is -0.462 e. The molecule has 9 heteroatoms. The molecule has 0 radical (unpaired) electrons. The number of aromatic nitrogens is 2. The highest BCUT2D eigenvalue weighted by Crippen LogP contribution is 2.04. The summed E-state index contributed by atoms with van der Waals surface area (Å²) in [6.07, 6.45) is 2.90. The predicted molar refractivity (Wildman–Crippen MR) is 97.1 cm³/mol. The summed E-state index contributed by atoms with van der Waals surface area (Å²) in [6.45, 7) is 1.95. The average Bonchev–Trinajstić information content (AvgIpc) is 2.73. The van der Waals surface area contributed by atoms with Crippen LogP contribution in [0.1, 0.15) is 43.8 Å². The van der Waals surface area contributed by atoms with Gasteiger partial charge in [-0.2, -0.15) is 0 Å². The van der Waals surface area contributed by atoms with E-state index < -0.39 is 5.97 Å². The molecule has 0 aliphatic carbocycles. The van der Waals surface area contributed by atoms with Gasteiger partial charge in [0.1, 0.15) is 11.4 Å². The molecule has 2 rings (SSSR count). The van der Waals surface area contributed by atoms with E-state index in [1.165, 1.54) is 38.6 Å². The van der Waals surface area contributed by atoms with Crippen molar-refractivity contribution in [1.29, 1.82) is 0 Å². The van der Waals surface area contributed by atoms with Crippen LogP contribution >= 0.6 is 0 Å². The summed E-state index contributed by atoms with van der Waals surface area (Å²) in [5, 5.41) is 13.6. The van der Waals surface area contributed by atoms with E-state index in [9.17, 15) is 14.4 Å². The van der Waals surface area contributed by atoms with Gasteiger partial charge in [0.2, 0.25) is 0 Å². The number of pyridine rings is 2. The monoisotopic (exact) mass is 374 g/mol. The van der Waals surface area contributed by atoms with Gasteiger partial charge in [-0.15, -0.1) is 0 Å². The fourth-order valence-electron chi connectivity index (χ4n) is 1.85. The Kier molecular flexibility index (Phi) is 9.10. The summed E-state index contributed by atoms with van der Waals surface area (Å²) in [6, 6.07) is 6.12. The van der Waals surface area contributed by atoms with Crippen LogP contribution in [-0.4, -0.2) is 53.6 Å². The van der Waals surface area contributed by atoms with Crippen LogP contribution in [0.5, 0.6) is 0 Å². The number of amides is 2. The first-order valence-corrected chi connectivity index (χ1v) is 8.09. The van der Waals surface area contributed by atoms with Crippen LogP contribution in [0.15, 0.2) is 36.7 Å². The first-order valence-electron chi connectivity index (χ1n) is 8.09. The Labute approximate surface area is 156 Å². The molecule has 0 aromatic carbocycles. The average molecular weight is 374 g/mol. The standard InChI is InChI=1S/C10H12N2O3.C8H10N2O2/c1-3-15-10(14)7-4-5-12-8(6-7)9(13)11-2;1-9-8(12)7-4-6(5-11)2-3-10-7/h4-6H,3H2,1-2H3,(H,11,13);2-4,11H,5H2,1H3,(H,9,12). The van der Waals surface area contributed by atoms with Crippen LogP contribution in [0, 0.1) is 0 Å². The van der Waals surface area contributed by atoms with E-state index in [0.29, 0.717) is 23.4 Å². The molecule has 0 aliphatic heterocycles. The van der Waals surface area contributed by atoms with Crippen molar-refractivity contribution in [3.8, 4) is 0 Å². The number of carbonyl (C=O) groups is 3. The van der Waals surface area contributed by atoms with E-state index in [1.807, 2.05) is 0 Å². The van der Waals surface area contributed by atoms with Crippen molar-refractivity contribution in [2.24, 2.45) is 0 Å². The van der Waals surface area contributed by atoms with Gasteiger partial charge in [0.25, 0.3) is 11.8 Å². The molecule has 2 heterocycles. The smallest absolute Gasteiger partial charge is 0.338 e. The minimum atomic E-state index is -0.454. The topological polar surface area (TPSA) is 131 Å². The van der Waals surface area contributed by atoms with Gasteiger partial charge in [0, 0.05) is 26.5 Å². The van der Waals surface area contributed by atoms with Gasteiger partial charge >= 0.3 is 5.97 Å². The summed E-state index contributed by atoms with van der Waals surface area (Å²) in [4.78, 5) is 41.2. The molecule has 0 unspecified atom stereocenters. The molecule has 0 spiro atoms. The quantitative estimate of drug-likeness (QED) is 0.652. The summed E-state index contributed by atoms with van der Waals surface area (Å²) >= 11 is 0. The molecule has 27 heavy (non-hydrogen) atoms. The molecule has 0 saturated heterocycles. The van der Waals surface area contributed by atoms with E-state index >= 15 is 0 Å². The number of rotatable bonds is 5. The molecule has 0 fully saturated rings. The lowest BCUT2D eigenvalue weighted by molar-refractivity contribution is 0.0526. The Hall–Kier alpha value is -3.33. The van der Waals surface area contributed by atoms with Crippen molar-refractivity contribution >= 4 is 17.8 Å². The number of hydrogen-bond donors (Lipinski definition) is 3. The minimum absolute atomic E-state index is 0.0769. The van der Waals surface area contributed by atoms with Crippen molar-refractivity contribution in [1.82, 2.24) is 20.6 Å². The van der Waals surface area contributed by atoms with Gasteiger partial charge in [-0.1, -0.05) is 0 Å². The second-order valence-electron chi connectivity index (χ2n) is 5.02. The number of aliphatic hydroxyl groups is 1. The largest absolute Gasteiger partial charge is 0.462 e. The Bertz CT molecular complexity index is 795. The predicted octanol–water partition coefficient (Wildman–Crippen LogP) is 0.551. The van der Waals surface area contributed by atoms with Crippen molar-refractivity contribution in [3.63, 3.8) is 0 Å². The number of esters is 1. The molecule has 0 saturated carbocycles. The molecule has 144 valence electrons. The van der Waals surface area contributed by atoms with Crippen LogP contribution in [0.3, 0.4) is 0 Å².